The number of hydrogen-bond donors (Lipinski definition) is 0. The molecule has 0 spiro atoms. The van der Waals surface area contributed by atoms with Gasteiger partial charge in [-0.1, -0.05) is 30.3 Å². The molecule has 0 saturated carbocycles. The van der Waals surface area contributed by atoms with E-state index in [2.05, 4.69) is 4.98 Å². The SMILES string of the molecule is FC(F)(F)c1cccc(COc2cccc3cccnc23)c1. The summed E-state index contributed by atoms with van der Waals surface area (Å²) in [7, 11) is 0. The molecule has 0 radical (unpaired) electrons. The van der Waals surface area contributed by atoms with Gasteiger partial charge in [0.15, 0.2) is 0 Å². The Morgan fingerprint density at radius 1 is 0.955 bits per heavy atom. The predicted octanol–water partition coefficient (Wildman–Crippen LogP) is 4.83. The second-order valence-corrected chi connectivity index (χ2v) is 4.82. The lowest BCUT2D eigenvalue weighted by atomic mass is 10.1. The number of para-hydroxylation sites is 1. The number of aromatic nitrogens is 1. The van der Waals surface area contributed by atoms with E-state index in [0.717, 1.165) is 17.5 Å². The fourth-order valence-electron chi connectivity index (χ4n) is 2.19. The summed E-state index contributed by atoms with van der Waals surface area (Å²) in [5.74, 6) is 0.551. The van der Waals surface area contributed by atoms with Crippen LogP contribution in [0.25, 0.3) is 10.9 Å². The molecule has 22 heavy (non-hydrogen) atoms. The summed E-state index contributed by atoms with van der Waals surface area (Å²) < 4.78 is 43.7. The van der Waals surface area contributed by atoms with Gasteiger partial charge in [0.2, 0.25) is 0 Å². The smallest absolute Gasteiger partial charge is 0.416 e. The van der Waals surface area contributed by atoms with Gasteiger partial charge < -0.3 is 4.74 Å². The van der Waals surface area contributed by atoms with Crippen molar-refractivity contribution in [3.8, 4) is 5.75 Å². The molecular formula is C17H12F3NO. The summed E-state index contributed by atoms with van der Waals surface area (Å²) in [6, 6.07) is 14.3. The van der Waals surface area contributed by atoms with Gasteiger partial charge in [-0.15, -0.1) is 0 Å². The second kappa shape index (κ2) is 5.67. The molecular weight excluding hydrogens is 291 g/mol. The highest BCUT2D eigenvalue weighted by atomic mass is 19.4. The van der Waals surface area contributed by atoms with Crippen molar-refractivity contribution in [1.29, 1.82) is 0 Å². The van der Waals surface area contributed by atoms with E-state index in [1.807, 2.05) is 24.3 Å². The highest BCUT2D eigenvalue weighted by Crippen LogP contribution is 2.30. The summed E-state index contributed by atoms with van der Waals surface area (Å²) in [5.41, 5.74) is 0.476. The second-order valence-electron chi connectivity index (χ2n) is 4.82. The minimum atomic E-state index is -4.35. The Kier molecular flexibility index (Phi) is 3.71. The molecule has 0 aliphatic heterocycles. The summed E-state index contributed by atoms with van der Waals surface area (Å²) in [6.07, 6.45) is -2.70. The van der Waals surface area contributed by atoms with Gasteiger partial charge >= 0.3 is 6.18 Å². The molecule has 0 bridgehead atoms. The van der Waals surface area contributed by atoms with Crippen LogP contribution in [-0.2, 0) is 12.8 Å². The standard InChI is InChI=1S/C17H12F3NO/c18-17(19,20)14-7-1-4-12(10-14)11-22-15-8-2-5-13-6-3-9-21-16(13)15/h1-10H,11H2. The number of fused-ring (bicyclic) bond motifs is 1. The maximum absolute atomic E-state index is 12.7. The van der Waals surface area contributed by atoms with E-state index in [-0.39, 0.29) is 6.61 Å². The predicted molar refractivity (Wildman–Crippen MR) is 77.5 cm³/mol. The molecule has 0 aliphatic rings. The lowest BCUT2D eigenvalue weighted by Crippen LogP contribution is -2.06. The maximum Gasteiger partial charge on any atom is 0.416 e. The van der Waals surface area contributed by atoms with Gasteiger partial charge in [0.1, 0.15) is 17.9 Å². The first-order valence-corrected chi connectivity index (χ1v) is 6.67. The van der Waals surface area contributed by atoms with E-state index in [4.69, 9.17) is 4.74 Å². The Balaban J connectivity index is 1.83. The first-order valence-electron chi connectivity index (χ1n) is 6.67. The Morgan fingerprint density at radius 2 is 1.73 bits per heavy atom. The van der Waals surface area contributed by atoms with Gasteiger partial charge in [-0.05, 0) is 29.8 Å². The normalized spacial score (nSPS) is 11.6. The summed E-state index contributed by atoms with van der Waals surface area (Å²) in [6.45, 7) is 0.0552. The van der Waals surface area contributed by atoms with E-state index in [0.29, 0.717) is 16.8 Å². The lowest BCUT2D eigenvalue weighted by Gasteiger charge is -2.11. The highest BCUT2D eigenvalue weighted by molar-refractivity contribution is 5.84. The molecule has 0 atom stereocenters. The zero-order valence-corrected chi connectivity index (χ0v) is 11.5. The minimum absolute atomic E-state index is 0.0552. The van der Waals surface area contributed by atoms with Crippen LogP contribution < -0.4 is 4.74 Å². The molecule has 1 aromatic heterocycles. The summed E-state index contributed by atoms with van der Waals surface area (Å²) in [5, 5.41) is 0.920. The average molecular weight is 303 g/mol. The third-order valence-electron chi connectivity index (χ3n) is 3.24. The minimum Gasteiger partial charge on any atom is -0.487 e. The Morgan fingerprint density at radius 3 is 2.55 bits per heavy atom. The van der Waals surface area contributed by atoms with Crippen molar-refractivity contribution in [2.75, 3.05) is 0 Å². The lowest BCUT2D eigenvalue weighted by molar-refractivity contribution is -0.137. The number of halogens is 3. The van der Waals surface area contributed by atoms with Gasteiger partial charge in [0.05, 0.1) is 5.56 Å². The van der Waals surface area contributed by atoms with Crippen molar-refractivity contribution in [3.63, 3.8) is 0 Å². The van der Waals surface area contributed by atoms with Gasteiger partial charge in [-0.3, -0.25) is 4.98 Å². The van der Waals surface area contributed by atoms with E-state index >= 15 is 0 Å². The zero-order chi connectivity index (χ0) is 15.6. The van der Waals surface area contributed by atoms with Crippen molar-refractivity contribution < 1.29 is 17.9 Å². The van der Waals surface area contributed by atoms with E-state index in [1.54, 1.807) is 18.3 Å². The molecule has 1 heterocycles. The molecule has 3 rings (SSSR count). The van der Waals surface area contributed by atoms with E-state index < -0.39 is 11.7 Å². The van der Waals surface area contributed by atoms with Crippen molar-refractivity contribution >= 4 is 10.9 Å². The van der Waals surface area contributed by atoms with Crippen molar-refractivity contribution in [2.45, 2.75) is 12.8 Å². The maximum atomic E-state index is 12.7. The third kappa shape index (κ3) is 3.03. The molecule has 2 aromatic carbocycles. The van der Waals surface area contributed by atoms with E-state index in [1.165, 1.54) is 6.07 Å². The van der Waals surface area contributed by atoms with Crippen LogP contribution in [0.3, 0.4) is 0 Å². The van der Waals surface area contributed by atoms with Crippen molar-refractivity contribution in [2.24, 2.45) is 0 Å². The largest absolute Gasteiger partial charge is 0.487 e. The van der Waals surface area contributed by atoms with Gasteiger partial charge in [0, 0.05) is 11.6 Å². The molecule has 0 fully saturated rings. The monoisotopic (exact) mass is 303 g/mol. The molecule has 0 unspecified atom stereocenters. The van der Waals surface area contributed by atoms with Crippen LogP contribution in [0.5, 0.6) is 5.75 Å². The highest BCUT2D eigenvalue weighted by Gasteiger charge is 2.30. The van der Waals surface area contributed by atoms with Gasteiger partial charge in [-0.25, -0.2) is 0 Å². The van der Waals surface area contributed by atoms with Gasteiger partial charge in [0.25, 0.3) is 0 Å². The summed E-state index contributed by atoms with van der Waals surface area (Å²) in [4.78, 5) is 4.25. The topological polar surface area (TPSA) is 22.1 Å². The molecule has 112 valence electrons. The van der Waals surface area contributed by atoms with Crippen molar-refractivity contribution in [3.05, 3.63) is 71.9 Å². The number of alkyl halides is 3. The first-order chi connectivity index (χ1) is 10.5. The van der Waals surface area contributed by atoms with Crippen LogP contribution in [0.2, 0.25) is 0 Å². The molecule has 2 nitrogen and oxygen atoms in total. The van der Waals surface area contributed by atoms with E-state index in [9.17, 15) is 13.2 Å². The number of ether oxygens (including phenoxy) is 1. The first kappa shape index (κ1) is 14.4. The molecule has 0 N–H and O–H groups in total. The number of benzene rings is 2. The van der Waals surface area contributed by atoms with Crippen LogP contribution in [-0.4, -0.2) is 4.98 Å². The summed E-state index contributed by atoms with van der Waals surface area (Å²) >= 11 is 0. The molecule has 0 saturated heterocycles. The van der Waals surface area contributed by atoms with Crippen LogP contribution in [0.4, 0.5) is 13.2 Å². The number of rotatable bonds is 3. The van der Waals surface area contributed by atoms with Crippen LogP contribution in [0.1, 0.15) is 11.1 Å². The van der Waals surface area contributed by atoms with Gasteiger partial charge in [-0.2, -0.15) is 13.2 Å². The van der Waals surface area contributed by atoms with Crippen LogP contribution >= 0.6 is 0 Å². The number of pyridine rings is 1. The molecule has 3 aromatic rings. The number of nitrogens with zero attached hydrogens (tertiary/aromatic N) is 1. The fraction of sp³-hybridized carbons (Fsp3) is 0.118. The Bertz CT molecular complexity index is 794. The molecule has 5 heteroatoms. The fourth-order valence-corrected chi connectivity index (χ4v) is 2.19. The Hall–Kier alpha value is -2.56. The Labute approximate surface area is 125 Å². The van der Waals surface area contributed by atoms with Crippen molar-refractivity contribution in [1.82, 2.24) is 4.98 Å². The molecule has 0 amide bonds. The van der Waals surface area contributed by atoms with Crippen LogP contribution in [0, 0.1) is 0 Å². The molecule has 0 aliphatic carbocycles. The van der Waals surface area contributed by atoms with Crippen LogP contribution in [0.15, 0.2) is 60.8 Å². The zero-order valence-electron chi connectivity index (χ0n) is 11.5. The number of hydrogen-bond acceptors (Lipinski definition) is 2. The quantitative estimate of drug-likeness (QED) is 0.691. The average Bonchev–Trinajstić information content (AvgIpc) is 2.52. The third-order valence-corrected chi connectivity index (χ3v) is 3.24.